The van der Waals surface area contributed by atoms with E-state index in [1.54, 1.807) is 12.1 Å². The van der Waals surface area contributed by atoms with Crippen LogP contribution in [0, 0.1) is 5.92 Å². The van der Waals surface area contributed by atoms with Crippen LogP contribution in [0.3, 0.4) is 0 Å². The van der Waals surface area contributed by atoms with Crippen LogP contribution in [0.5, 0.6) is 0 Å². The van der Waals surface area contributed by atoms with Crippen LogP contribution in [0.4, 0.5) is 0 Å². The predicted octanol–water partition coefficient (Wildman–Crippen LogP) is 2.24. The largest absolute Gasteiger partial charge is 0.478 e. The zero-order valence-electron chi connectivity index (χ0n) is 11.7. The molecular formula is C16H18N2O3. The van der Waals surface area contributed by atoms with Gasteiger partial charge in [-0.3, -0.25) is 9.78 Å². The molecule has 0 aliphatic heterocycles. The van der Waals surface area contributed by atoms with Crippen LogP contribution in [0.2, 0.25) is 0 Å². The minimum Gasteiger partial charge on any atom is -0.478 e. The summed E-state index contributed by atoms with van der Waals surface area (Å²) in [4.78, 5) is 27.6. The van der Waals surface area contributed by atoms with Gasteiger partial charge in [-0.1, -0.05) is 12.2 Å². The van der Waals surface area contributed by atoms with E-state index in [2.05, 4.69) is 10.3 Å². The lowest BCUT2D eigenvalue weighted by atomic mass is 10.1. The lowest BCUT2D eigenvalue weighted by molar-refractivity contribution is -0.124. The number of hydrogen-bond donors (Lipinski definition) is 2. The highest BCUT2D eigenvalue weighted by Gasteiger charge is 2.30. The van der Waals surface area contributed by atoms with E-state index in [0.717, 1.165) is 31.4 Å². The van der Waals surface area contributed by atoms with Gasteiger partial charge in [0.2, 0.25) is 5.91 Å². The smallest absolute Gasteiger partial charge is 0.337 e. The van der Waals surface area contributed by atoms with Crippen molar-refractivity contribution in [1.82, 2.24) is 10.3 Å². The zero-order chi connectivity index (χ0) is 14.8. The minimum absolute atomic E-state index is 0.0335. The maximum Gasteiger partial charge on any atom is 0.337 e. The first-order valence-corrected chi connectivity index (χ1v) is 7.31. The molecule has 5 heteroatoms. The highest BCUT2D eigenvalue weighted by atomic mass is 16.4. The third-order valence-electron chi connectivity index (χ3n) is 4.00. The van der Waals surface area contributed by atoms with Gasteiger partial charge in [-0.05, 0) is 37.8 Å². The fourth-order valence-electron chi connectivity index (χ4n) is 2.62. The number of allylic oxidation sites excluding steroid dienone is 2. The van der Waals surface area contributed by atoms with E-state index in [9.17, 15) is 14.7 Å². The van der Waals surface area contributed by atoms with Gasteiger partial charge in [0, 0.05) is 11.8 Å². The summed E-state index contributed by atoms with van der Waals surface area (Å²) in [6.45, 7) is 0.356. The second-order valence-electron chi connectivity index (χ2n) is 5.67. The summed E-state index contributed by atoms with van der Waals surface area (Å²) < 4.78 is 0. The molecule has 0 atom stereocenters. The first kappa shape index (κ1) is 13.8. The summed E-state index contributed by atoms with van der Waals surface area (Å²) in [5.74, 6) is -0.592. The molecule has 2 aliphatic rings. The number of nitrogens with one attached hydrogen (secondary N) is 1. The van der Waals surface area contributed by atoms with Crippen LogP contribution >= 0.6 is 0 Å². The SMILES string of the molecule is O=C(O)c1ccc(CNC(=O)C2CC=CC2)nc1C1CC1. The molecule has 2 N–H and O–H groups in total. The summed E-state index contributed by atoms with van der Waals surface area (Å²) in [5.41, 5.74) is 1.67. The Morgan fingerprint density at radius 1 is 1.24 bits per heavy atom. The zero-order valence-corrected chi connectivity index (χ0v) is 11.7. The van der Waals surface area contributed by atoms with Gasteiger partial charge in [0.25, 0.3) is 0 Å². The van der Waals surface area contributed by atoms with Gasteiger partial charge in [0.05, 0.1) is 23.5 Å². The fourth-order valence-corrected chi connectivity index (χ4v) is 2.62. The van der Waals surface area contributed by atoms with Crippen molar-refractivity contribution in [2.24, 2.45) is 5.92 Å². The number of carboxylic acid groups (broad SMARTS) is 1. The molecule has 1 heterocycles. The molecule has 0 bridgehead atoms. The van der Waals surface area contributed by atoms with Crippen molar-refractivity contribution in [2.75, 3.05) is 0 Å². The normalized spacial score (nSPS) is 17.9. The Hall–Kier alpha value is -2.17. The summed E-state index contributed by atoms with van der Waals surface area (Å²) in [7, 11) is 0. The third-order valence-corrected chi connectivity index (χ3v) is 4.00. The molecule has 3 rings (SSSR count). The number of hydrogen-bond acceptors (Lipinski definition) is 3. The van der Waals surface area contributed by atoms with Crippen molar-refractivity contribution in [3.05, 3.63) is 41.2 Å². The average Bonchev–Trinajstić information content (AvgIpc) is 3.18. The molecule has 110 valence electrons. The monoisotopic (exact) mass is 286 g/mol. The fraction of sp³-hybridized carbons (Fsp3) is 0.438. The topological polar surface area (TPSA) is 79.3 Å². The van der Waals surface area contributed by atoms with Crippen molar-refractivity contribution in [2.45, 2.75) is 38.1 Å². The molecule has 1 aromatic heterocycles. The highest BCUT2D eigenvalue weighted by Crippen LogP contribution is 2.40. The Kier molecular flexibility index (Phi) is 3.73. The Balaban J connectivity index is 1.66. The molecule has 0 saturated heterocycles. The number of carboxylic acids is 1. The van der Waals surface area contributed by atoms with Crippen LogP contribution in [0.15, 0.2) is 24.3 Å². The van der Waals surface area contributed by atoms with E-state index < -0.39 is 5.97 Å². The molecule has 0 aromatic carbocycles. The molecule has 5 nitrogen and oxygen atoms in total. The lowest BCUT2D eigenvalue weighted by Crippen LogP contribution is -2.29. The van der Waals surface area contributed by atoms with Crippen molar-refractivity contribution in [1.29, 1.82) is 0 Å². The summed E-state index contributed by atoms with van der Waals surface area (Å²) in [6, 6.07) is 3.28. The Morgan fingerprint density at radius 3 is 2.57 bits per heavy atom. The van der Waals surface area contributed by atoms with Crippen molar-refractivity contribution in [3.63, 3.8) is 0 Å². The Bertz CT molecular complexity index is 598. The quantitative estimate of drug-likeness (QED) is 0.814. The number of nitrogens with zero attached hydrogens (tertiary/aromatic N) is 1. The van der Waals surface area contributed by atoms with Crippen molar-refractivity contribution < 1.29 is 14.7 Å². The summed E-state index contributed by atoms with van der Waals surface area (Å²) in [6.07, 6.45) is 7.63. The van der Waals surface area contributed by atoms with Crippen molar-refractivity contribution >= 4 is 11.9 Å². The van der Waals surface area contributed by atoms with Gasteiger partial charge >= 0.3 is 5.97 Å². The van der Waals surface area contributed by atoms with Gasteiger partial charge in [0.1, 0.15) is 0 Å². The first-order valence-electron chi connectivity index (χ1n) is 7.31. The number of pyridine rings is 1. The molecule has 0 radical (unpaired) electrons. The molecule has 1 fully saturated rings. The van der Waals surface area contributed by atoms with Crippen LogP contribution in [-0.2, 0) is 11.3 Å². The van der Waals surface area contributed by atoms with E-state index in [1.165, 1.54) is 0 Å². The van der Waals surface area contributed by atoms with Crippen molar-refractivity contribution in [3.8, 4) is 0 Å². The van der Waals surface area contributed by atoms with Crippen LogP contribution in [0.25, 0.3) is 0 Å². The number of carbonyl (C=O) groups excluding carboxylic acids is 1. The van der Waals surface area contributed by atoms with Crippen LogP contribution in [0.1, 0.15) is 53.3 Å². The van der Waals surface area contributed by atoms with Gasteiger partial charge in [-0.2, -0.15) is 0 Å². The third kappa shape index (κ3) is 3.12. The molecule has 21 heavy (non-hydrogen) atoms. The summed E-state index contributed by atoms with van der Waals surface area (Å²) >= 11 is 0. The van der Waals surface area contributed by atoms with E-state index in [4.69, 9.17) is 0 Å². The number of aromatic carboxylic acids is 1. The van der Waals surface area contributed by atoms with E-state index in [0.29, 0.717) is 12.2 Å². The molecule has 1 saturated carbocycles. The number of amides is 1. The number of rotatable bonds is 5. The van der Waals surface area contributed by atoms with Crippen LogP contribution in [-0.4, -0.2) is 22.0 Å². The second-order valence-corrected chi connectivity index (χ2v) is 5.67. The standard InChI is InChI=1S/C16H18N2O3/c19-15(11-3-1-2-4-11)17-9-12-7-8-13(16(20)21)14(18-12)10-5-6-10/h1-2,7-8,10-11H,3-6,9H2,(H,17,19)(H,20,21). The summed E-state index contributed by atoms with van der Waals surface area (Å²) in [5, 5.41) is 12.1. The van der Waals surface area contributed by atoms with Gasteiger partial charge < -0.3 is 10.4 Å². The maximum absolute atomic E-state index is 12.0. The number of carbonyl (C=O) groups is 2. The average molecular weight is 286 g/mol. The Labute approximate surface area is 123 Å². The van der Waals surface area contributed by atoms with E-state index >= 15 is 0 Å². The second kappa shape index (κ2) is 5.68. The first-order chi connectivity index (χ1) is 10.1. The lowest BCUT2D eigenvalue weighted by Gasteiger charge is -2.11. The van der Waals surface area contributed by atoms with E-state index in [-0.39, 0.29) is 23.3 Å². The predicted molar refractivity (Wildman–Crippen MR) is 76.9 cm³/mol. The molecule has 1 aromatic rings. The van der Waals surface area contributed by atoms with Gasteiger partial charge in [-0.15, -0.1) is 0 Å². The maximum atomic E-state index is 12.0. The van der Waals surface area contributed by atoms with Gasteiger partial charge in [0.15, 0.2) is 0 Å². The minimum atomic E-state index is -0.933. The number of aromatic nitrogens is 1. The highest BCUT2D eigenvalue weighted by molar-refractivity contribution is 5.89. The molecule has 2 aliphatic carbocycles. The Morgan fingerprint density at radius 2 is 1.95 bits per heavy atom. The molecule has 1 amide bonds. The van der Waals surface area contributed by atoms with Crippen LogP contribution < -0.4 is 5.32 Å². The molecular weight excluding hydrogens is 268 g/mol. The molecule has 0 spiro atoms. The molecule has 0 unspecified atom stereocenters. The van der Waals surface area contributed by atoms with Gasteiger partial charge in [-0.25, -0.2) is 4.79 Å². The van der Waals surface area contributed by atoms with E-state index in [1.807, 2.05) is 12.2 Å².